The van der Waals surface area contributed by atoms with Crippen molar-refractivity contribution in [1.82, 2.24) is 9.13 Å². The summed E-state index contributed by atoms with van der Waals surface area (Å²) in [6, 6.07) is 15.3. The second-order valence-electron chi connectivity index (χ2n) is 5.90. The molecule has 0 aliphatic carbocycles. The van der Waals surface area contributed by atoms with Gasteiger partial charge in [0.15, 0.2) is 0 Å². The van der Waals surface area contributed by atoms with Gasteiger partial charge in [0, 0.05) is 18.0 Å². The van der Waals surface area contributed by atoms with Crippen LogP contribution in [0.25, 0.3) is 0 Å². The van der Waals surface area contributed by atoms with E-state index in [-0.39, 0.29) is 0 Å². The highest BCUT2D eigenvalue weighted by Gasteiger charge is 2.09. The monoisotopic (exact) mass is 336 g/mol. The molecular weight excluding hydrogens is 316 g/mol. The third-order valence-electron chi connectivity index (χ3n) is 4.27. The summed E-state index contributed by atoms with van der Waals surface area (Å²) in [6.45, 7) is 2.67. The zero-order valence-electron chi connectivity index (χ0n) is 14.3. The van der Waals surface area contributed by atoms with Crippen LogP contribution in [0.15, 0.2) is 70.5 Å². The molecule has 0 saturated heterocycles. The summed E-state index contributed by atoms with van der Waals surface area (Å²) in [5.41, 5.74) is 1.89. The molecule has 0 aliphatic heterocycles. The average molecular weight is 336 g/mol. The van der Waals surface area contributed by atoms with Crippen molar-refractivity contribution < 1.29 is 4.74 Å². The maximum atomic E-state index is 12.5. The van der Waals surface area contributed by atoms with Crippen molar-refractivity contribution in [3.05, 3.63) is 98.3 Å². The topological polar surface area (TPSA) is 53.2 Å². The van der Waals surface area contributed by atoms with Gasteiger partial charge < -0.3 is 13.9 Å². The van der Waals surface area contributed by atoms with Gasteiger partial charge in [0.2, 0.25) is 0 Å². The molecule has 3 rings (SSSR count). The number of ether oxygens (including phenoxy) is 1. The van der Waals surface area contributed by atoms with Crippen molar-refractivity contribution in [2.75, 3.05) is 7.11 Å². The summed E-state index contributed by atoms with van der Waals surface area (Å²) in [7, 11) is 1.59. The van der Waals surface area contributed by atoms with Crippen molar-refractivity contribution in [3.8, 4) is 5.75 Å². The Morgan fingerprint density at radius 1 is 0.800 bits per heavy atom. The van der Waals surface area contributed by atoms with E-state index in [4.69, 9.17) is 4.74 Å². The van der Waals surface area contributed by atoms with Gasteiger partial charge in [-0.1, -0.05) is 42.5 Å². The van der Waals surface area contributed by atoms with E-state index in [0.717, 1.165) is 16.7 Å². The van der Waals surface area contributed by atoms with E-state index >= 15 is 0 Å². The van der Waals surface area contributed by atoms with Crippen molar-refractivity contribution in [1.29, 1.82) is 0 Å². The lowest BCUT2D eigenvalue weighted by atomic mass is 10.1. The van der Waals surface area contributed by atoms with E-state index in [0.29, 0.717) is 18.8 Å². The number of aromatic nitrogens is 2. The number of para-hydroxylation sites is 1. The van der Waals surface area contributed by atoms with Crippen LogP contribution in [0.4, 0.5) is 0 Å². The van der Waals surface area contributed by atoms with Crippen molar-refractivity contribution in [2.45, 2.75) is 20.0 Å². The highest BCUT2D eigenvalue weighted by Crippen LogP contribution is 2.17. The fraction of sp³-hybridized carbons (Fsp3) is 0.200. The first kappa shape index (κ1) is 16.8. The molecule has 0 radical (unpaired) electrons. The average Bonchev–Trinajstić information content (AvgIpc) is 2.63. The number of hydrogen-bond acceptors (Lipinski definition) is 3. The van der Waals surface area contributed by atoms with Gasteiger partial charge >= 0.3 is 11.1 Å². The van der Waals surface area contributed by atoms with Crippen LogP contribution in [0.3, 0.4) is 0 Å². The lowest BCUT2D eigenvalue weighted by molar-refractivity contribution is 0.408. The Labute approximate surface area is 145 Å². The molecule has 0 aliphatic rings. The Kier molecular flexibility index (Phi) is 4.84. The van der Waals surface area contributed by atoms with E-state index in [1.807, 2.05) is 55.5 Å². The lowest BCUT2D eigenvalue weighted by Gasteiger charge is -2.12. The summed E-state index contributed by atoms with van der Waals surface area (Å²) >= 11 is 0. The predicted octanol–water partition coefficient (Wildman–Crippen LogP) is 2.42. The predicted molar refractivity (Wildman–Crippen MR) is 97.3 cm³/mol. The highest BCUT2D eigenvalue weighted by atomic mass is 16.5. The largest absolute Gasteiger partial charge is 0.496 e. The smallest absolute Gasteiger partial charge is 0.316 e. The van der Waals surface area contributed by atoms with Gasteiger partial charge in [0.05, 0.1) is 20.2 Å². The van der Waals surface area contributed by atoms with Crippen LogP contribution in [0, 0.1) is 6.92 Å². The van der Waals surface area contributed by atoms with E-state index in [1.54, 1.807) is 19.5 Å². The third-order valence-corrected chi connectivity index (χ3v) is 4.27. The first-order valence-electron chi connectivity index (χ1n) is 8.06. The number of hydrogen-bond donors (Lipinski definition) is 0. The summed E-state index contributed by atoms with van der Waals surface area (Å²) in [6.07, 6.45) is 3.31. The molecule has 0 spiro atoms. The molecule has 3 aromatic rings. The Morgan fingerprint density at radius 2 is 1.32 bits per heavy atom. The number of aryl methyl sites for hydroxylation is 1. The summed E-state index contributed by atoms with van der Waals surface area (Å²) in [5.74, 6) is 0.693. The molecule has 1 heterocycles. The minimum atomic E-state index is -0.540. The number of benzene rings is 2. The van der Waals surface area contributed by atoms with E-state index in [9.17, 15) is 9.59 Å². The number of nitrogens with zero attached hydrogens (tertiary/aromatic N) is 2. The van der Waals surface area contributed by atoms with Crippen molar-refractivity contribution >= 4 is 0 Å². The molecule has 5 heteroatoms. The van der Waals surface area contributed by atoms with E-state index in [1.165, 1.54) is 9.13 Å². The highest BCUT2D eigenvalue weighted by molar-refractivity contribution is 5.33. The van der Waals surface area contributed by atoms with Crippen LogP contribution in [0.2, 0.25) is 0 Å². The zero-order chi connectivity index (χ0) is 17.8. The Morgan fingerprint density at radius 3 is 1.92 bits per heavy atom. The quantitative estimate of drug-likeness (QED) is 0.673. The van der Waals surface area contributed by atoms with Gasteiger partial charge in [0.1, 0.15) is 5.75 Å². The Balaban J connectivity index is 1.92. The fourth-order valence-electron chi connectivity index (χ4n) is 2.78. The summed E-state index contributed by atoms with van der Waals surface area (Å²) < 4.78 is 8.16. The minimum Gasteiger partial charge on any atom is -0.496 e. The third kappa shape index (κ3) is 3.55. The lowest BCUT2D eigenvalue weighted by Crippen LogP contribution is -2.41. The van der Waals surface area contributed by atoms with Gasteiger partial charge in [0.25, 0.3) is 0 Å². The molecule has 0 N–H and O–H groups in total. The van der Waals surface area contributed by atoms with Gasteiger partial charge in [-0.05, 0) is 24.1 Å². The normalized spacial score (nSPS) is 10.6. The van der Waals surface area contributed by atoms with Gasteiger partial charge in [-0.15, -0.1) is 0 Å². The first-order chi connectivity index (χ1) is 12.1. The second-order valence-corrected chi connectivity index (χ2v) is 5.90. The van der Waals surface area contributed by atoms with Gasteiger partial charge in [-0.2, -0.15) is 0 Å². The maximum absolute atomic E-state index is 12.5. The molecule has 0 bridgehead atoms. The Hall–Kier alpha value is -3.08. The zero-order valence-corrected chi connectivity index (χ0v) is 14.3. The van der Waals surface area contributed by atoms with Crippen molar-refractivity contribution in [3.63, 3.8) is 0 Å². The van der Waals surface area contributed by atoms with Crippen LogP contribution in [0.5, 0.6) is 5.75 Å². The molecule has 0 fully saturated rings. The maximum Gasteiger partial charge on any atom is 0.316 e. The van der Waals surface area contributed by atoms with Gasteiger partial charge in [-0.3, -0.25) is 9.59 Å². The minimum absolute atomic E-state index is 0.295. The molecule has 5 nitrogen and oxygen atoms in total. The van der Waals surface area contributed by atoms with Gasteiger partial charge in [-0.25, -0.2) is 0 Å². The van der Waals surface area contributed by atoms with E-state index in [2.05, 4.69) is 0 Å². The number of rotatable bonds is 5. The molecule has 0 atom stereocenters. The summed E-state index contributed by atoms with van der Waals surface area (Å²) in [5, 5.41) is 0. The number of methoxy groups -OCH3 is 1. The van der Waals surface area contributed by atoms with Crippen LogP contribution < -0.4 is 15.9 Å². The second kappa shape index (κ2) is 7.21. The Bertz CT molecular complexity index is 1000. The molecular formula is C20H20N2O3. The van der Waals surface area contributed by atoms with Crippen LogP contribution >= 0.6 is 0 Å². The van der Waals surface area contributed by atoms with Crippen LogP contribution in [0.1, 0.15) is 16.7 Å². The molecule has 0 unspecified atom stereocenters. The molecule has 1 aromatic heterocycles. The SMILES string of the molecule is COc1ccccc1Cn1ccn(Cc2ccccc2C)c(=O)c1=O. The fourth-order valence-corrected chi connectivity index (χ4v) is 2.78. The summed E-state index contributed by atoms with van der Waals surface area (Å²) in [4.78, 5) is 24.9. The standard InChI is InChI=1S/C20H20N2O3/c1-15-7-3-4-8-16(15)13-21-11-12-22(20(24)19(21)23)14-17-9-5-6-10-18(17)25-2/h3-12H,13-14H2,1-2H3. The molecule has 25 heavy (non-hydrogen) atoms. The molecule has 2 aromatic carbocycles. The first-order valence-corrected chi connectivity index (χ1v) is 8.06. The van der Waals surface area contributed by atoms with E-state index < -0.39 is 11.1 Å². The molecule has 0 saturated carbocycles. The van der Waals surface area contributed by atoms with Crippen molar-refractivity contribution in [2.24, 2.45) is 0 Å². The van der Waals surface area contributed by atoms with Crippen LogP contribution in [-0.4, -0.2) is 16.2 Å². The molecule has 0 amide bonds. The molecule has 128 valence electrons. The van der Waals surface area contributed by atoms with Crippen LogP contribution in [-0.2, 0) is 13.1 Å².